The van der Waals surface area contributed by atoms with Crippen molar-refractivity contribution in [2.24, 2.45) is 0 Å². The molecule has 0 heterocycles. The zero-order valence-corrected chi connectivity index (χ0v) is 10.9. The molecule has 0 aliphatic heterocycles. The lowest BCUT2D eigenvalue weighted by molar-refractivity contribution is 0.281. The van der Waals surface area contributed by atoms with E-state index in [2.05, 4.69) is 23.7 Å². The maximum Gasteiger partial charge on any atom is 0.0682 e. The molecule has 2 aromatic rings. The van der Waals surface area contributed by atoms with E-state index >= 15 is 0 Å². The summed E-state index contributed by atoms with van der Waals surface area (Å²) in [6.07, 6.45) is 0. The van der Waals surface area contributed by atoms with Crippen molar-refractivity contribution in [2.75, 3.05) is 0 Å². The molecule has 0 fully saturated rings. The maximum atomic E-state index is 9.04. The lowest BCUT2D eigenvalue weighted by Crippen LogP contribution is -1.83. The van der Waals surface area contributed by atoms with Gasteiger partial charge in [0.15, 0.2) is 0 Å². The van der Waals surface area contributed by atoms with Gasteiger partial charge in [-0.15, -0.1) is 0 Å². The zero-order valence-electron chi connectivity index (χ0n) is 10.9. The van der Waals surface area contributed by atoms with E-state index in [9.17, 15) is 0 Å². The summed E-state index contributed by atoms with van der Waals surface area (Å²) in [5.41, 5.74) is 3.32. The molecule has 2 nitrogen and oxygen atoms in total. The number of aliphatic hydroxyl groups excluding tert-OH is 2. The zero-order chi connectivity index (χ0) is 14.2. The van der Waals surface area contributed by atoms with Crippen LogP contribution in [0.25, 0.3) is 0 Å². The summed E-state index contributed by atoms with van der Waals surface area (Å²) >= 11 is 0. The second-order valence-corrected chi connectivity index (χ2v) is 4.22. The summed E-state index contributed by atoms with van der Waals surface area (Å²) in [5.74, 6) is 11.4. The highest BCUT2D eigenvalue weighted by Crippen LogP contribution is 2.04. The van der Waals surface area contributed by atoms with Gasteiger partial charge in [-0.05, 0) is 47.2 Å². The van der Waals surface area contributed by atoms with Gasteiger partial charge in [-0.2, -0.15) is 0 Å². The van der Waals surface area contributed by atoms with Gasteiger partial charge in [0.1, 0.15) is 0 Å². The fraction of sp³-hybridized carbons (Fsp3) is 0.111. The largest absolute Gasteiger partial charge is 0.392 e. The molecule has 0 atom stereocenters. The lowest BCUT2D eigenvalue weighted by atomic mass is 10.1. The highest BCUT2D eigenvalue weighted by atomic mass is 16.3. The fourth-order valence-corrected chi connectivity index (χ4v) is 1.70. The molecule has 0 aliphatic carbocycles. The van der Waals surface area contributed by atoms with Gasteiger partial charge in [0.25, 0.3) is 0 Å². The lowest BCUT2D eigenvalue weighted by Gasteiger charge is -1.95. The number of benzene rings is 2. The Morgan fingerprint density at radius 1 is 0.700 bits per heavy atom. The minimum atomic E-state index is 0.00908. The molecule has 20 heavy (non-hydrogen) atoms. The Labute approximate surface area is 118 Å². The molecule has 0 spiro atoms. The van der Waals surface area contributed by atoms with Crippen LogP contribution in [0, 0.1) is 23.7 Å². The maximum absolute atomic E-state index is 9.04. The molecule has 0 aromatic heterocycles. The standard InChI is InChI=1S/C18H14O2/c19-13-17-9-3-7-15(11-17)5-1-2-6-16-8-4-10-18(12-16)14-20/h3-4,7-12,19-20H,13-14H2. The van der Waals surface area contributed by atoms with Crippen molar-refractivity contribution < 1.29 is 10.2 Å². The van der Waals surface area contributed by atoms with Crippen LogP contribution in [0.15, 0.2) is 48.5 Å². The summed E-state index contributed by atoms with van der Waals surface area (Å²) in [5, 5.41) is 18.1. The van der Waals surface area contributed by atoms with Crippen molar-refractivity contribution >= 4 is 0 Å². The van der Waals surface area contributed by atoms with Gasteiger partial charge in [0, 0.05) is 11.1 Å². The summed E-state index contributed by atoms with van der Waals surface area (Å²) < 4.78 is 0. The Balaban J connectivity index is 2.12. The predicted molar refractivity (Wildman–Crippen MR) is 78.5 cm³/mol. The molecule has 0 radical (unpaired) electrons. The third-order valence-corrected chi connectivity index (χ3v) is 2.70. The highest BCUT2D eigenvalue weighted by Gasteiger charge is 1.91. The molecular weight excluding hydrogens is 248 g/mol. The average molecular weight is 262 g/mol. The summed E-state index contributed by atoms with van der Waals surface area (Å²) in [4.78, 5) is 0. The van der Waals surface area contributed by atoms with E-state index in [1.54, 1.807) is 0 Å². The van der Waals surface area contributed by atoms with Gasteiger partial charge >= 0.3 is 0 Å². The van der Waals surface area contributed by atoms with Gasteiger partial charge in [-0.3, -0.25) is 0 Å². The molecule has 0 amide bonds. The van der Waals surface area contributed by atoms with E-state index in [0.717, 1.165) is 22.3 Å². The fourth-order valence-electron chi connectivity index (χ4n) is 1.70. The molecule has 0 saturated carbocycles. The van der Waals surface area contributed by atoms with Gasteiger partial charge in [-0.25, -0.2) is 0 Å². The van der Waals surface area contributed by atoms with Crippen LogP contribution in [0.3, 0.4) is 0 Å². The summed E-state index contributed by atoms with van der Waals surface area (Å²) in [6.45, 7) is 0.0182. The van der Waals surface area contributed by atoms with E-state index < -0.39 is 0 Å². The summed E-state index contributed by atoms with van der Waals surface area (Å²) in [7, 11) is 0. The van der Waals surface area contributed by atoms with E-state index in [0.29, 0.717) is 0 Å². The number of hydrogen-bond acceptors (Lipinski definition) is 2. The van der Waals surface area contributed by atoms with Crippen LogP contribution in [0.5, 0.6) is 0 Å². The third kappa shape index (κ3) is 4.00. The van der Waals surface area contributed by atoms with Crippen LogP contribution >= 0.6 is 0 Å². The number of aliphatic hydroxyl groups is 2. The minimum absolute atomic E-state index is 0.00908. The monoisotopic (exact) mass is 262 g/mol. The molecule has 0 aliphatic rings. The molecule has 2 heteroatoms. The topological polar surface area (TPSA) is 40.5 Å². The van der Waals surface area contributed by atoms with Crippen LogP contribution in [-0.2, 0) is 13.2 Å². The van der Waals surface area contributed by atoms with Crippen LogP contribution in [0.2, 0.25) is 0 Å². The first-order valence-electron chi connectivity index (χ1n) is 6.23. The van der Waals surface area contributed by atoms with Gasteiger partial charge in [-0.1, -0.05) is 36.1 Å². The second-order valence-electron chi connectivity index (χ2n) is 4.22. The Morgan fingerprint density at radius 3 is 1.55 bits per heavy atom. The molecule has 2 aromatic carbocycles. The quantitative estimate of drug-likeness (QED) is 0.813. The SMILES string of the molecule is OCc1cccc(C#CC#Cc2cccc(CO)c2)c1. The van der Waals surface area contributed by atoms with Crippen molar-refractivity contribution in [3.05, 3.63) is 70.8 Å². The molecule has 0 unspecified atom stereocenters. The molecule has 2 rings (SSSR count). The molecule has 2 N–H and O–H groups in total. The van der Waals surface area contributed by atoms with E-state index in [-0.39, 0.29) is 13.2 Å². The van der Waals surface area contributed by atoms with E-state index in [1.165, 1.54) is 0 Å². The average Bonchev–Trinajstić information content (AvgIpc) is 2.52. The van der Waals surface area contributed by atoms with Gasteiger partial charge in [0.2, 0.25) is 0 Å². The Kier molecular flexibility index (Phi) is 4.98. The summed E-state index contributed by atoms with van der Waals surface area (Å²) in [6, 6.07) is 14.8. The van der Waals surface area contributed by atoms with Gasteiger partial charge in [0.05, 0.1) is 13.2 Å². The van der Waals surface area contributed by atoms with Crippen molar-refractivity contribution in [1.82, 2.24) is 0 Å². The molecular formula is C18H14O2. The Morgan fingerprint density at radius 2 is 1.15 bits per heavy atom. The first-order valence-corrected chi connectivity index (χ1v) is 6.23. The van der Waals surface area contributed by atoms with Crippen LogP contribution in [-0.4, -0.2) is 10.2 Å². The van der Waals surface area contributed by atoms with Crippen molar-refractivity contribution in [3.8, 4) is 23.7 Å². The normalized spacial score (nSPS) is 9.10. The minimum Gasteiger partial charge on any atom is -0.392 e. The van der Waals surface area contributed by atoms with Crippen molar-refractivity contribution in [2.45, 2.75) is 13.2 Å². The smallest absolute Gasteiger partial charge is 0.0682 e. The van der Waals surface area contributed by atoms with E-state index in [1.807, 2.05) is 48.5 Å². The molecule has 98 valence electrons. The van der Waals surface area contributed by atoms with Gasteiger partial charge < -0.3 is 10.2 Å². The molecule has 0 saturated heterocycles. The first kappa shape index (κ1) is 13.9. The number of hydrogen-bond donors (Lipinski definition) is 2. The highest BCUT2D eigenvalue weighted by molar-refractivity contribution is 5.45. The first-order chi connectivity index (χ1) is 9.81. The Hall–Kier alpha value is -2.52. The second kappa shape index (κ2) is 7.16. The predicted octanol–water partition coefficient (Wildman–Crippen LogP) is 2.07. The van der Waals surface area contributed by atoms with Crippen LogP contribution in [0.1, 0.15) is 22.3 Å². The third-order valence-electron chi connectivity index (χ3n) is 2.70. The van der Waals surface area contributed by atoms with Crippen LogP contribution in [0.4, 0.5) is 0 Å². The van der Waals surface area contributed by atoms with E-state index in [4.69, 9.17) is 10.2 Å². The molecule has 0 bridgehead atoms. The van der Waals surface area contributed by atoms with Crippen molar-refractivity contribution in [3.63, 3.8) is 0 Å². The Bertz CT molecular complexity index is 646. The number of rotatable bonds is 2. The van der Waals surface area contributed by atoms with Crippen molar-refractivity contribution in [1.29, 1.82) is 0 Å². The van der Waals surface area contributed by atoms with Crippen LogP contribution < -0.4 is 0 Å².